The lowest BCUT2D eigenvalue weighted by Crippen LogP contribution is -2.25. The molecule has 0 amide bonds. The van der Waals surface area contributed by atoms with Gasteiger partial charge in [0.25, 0.3) is 0 Å². The molecule has 1 heterocycles. The number of methoxy groups -OCH3 is 1. The predicted molar refractivity (Wildman–Crippen MR) is 90.4 cm³/mol. The lowest BCUT2D eigenvalue weighted by Gasteiger charge is -2.23. The van der Waals surface area contributed by atoms with E-state index in [1.54, 1.807) is 7.11 Å². The van der Waals surface area contributed by atoms with E-state index in [-0.39, 0.29) is 12.0 Å². The number of hydrogen-bond acceptors (Lipinski definition) is 4. The average molecular weight is 308 g/mol. The SMILES string of the molecule is CN.COc1cccc2cc(C(C)(C)C)n(CC(O)CO)c12. The van der Waals surface area contributed by atoms with Crippen molar-refractivity contribution < 1.29 is 14.9 Å². The van der Waals surface area contributed by atoms with Gasteiger partial charge in [-0.05, 0) is 19.2 Å². The molecule has 0 bridgehead atoms. The van der Waals surface area contributed by atoms with Gasteiger partial charge in [-0.15, -0.1) is 0 Å². The first-order valence-corrected chi connectivity index (χ1v) is 7.42. The minimum absolute atomic E-state index is 0.0563. The number of ether oxygens (including phenoxy) is 1. The zero-order valence-electron chi connectivity index (χ0n) is 14.1. The van der Waals surface area contributed by atoms with Crippen molar-refractivity contribution in [2.75, 3.05) is 20.8 Å². The minimum Gasteiger partial charge on any atom is -0.495 e. The number of aliphatic hydroxyl groups excluding tert-OH is 2. The van der Waals surface area contributed by atoms with Gasteiger partial charge in [-0.25, -0.2) is 0 Å². The molecule has 124 valence electrons. The molecule has 0 aliphatic carbocycles. The molecule has 5 heteroatoms. The fraction of sp³-hybridized carbons (Fsp3) is 0.529. The third-order valence-corrected chi connectivity index (χ3v) is 3.48. The zero-order chi connectivity index (χ0) is 16.9. The van der Waals surface area contributed by atoms with Crippen molar-refractivity contribution in [1.29, 1.82) is 0 Å². The molecular weight excluding hydrogens is 280 g/mol. The summed E-state index contributed by atoms with van der Waals surface area (Å²) in [6, 6.07) is 8.04. The highest BCUT2D eigenvalue weighted by molar-refractivity contribution is 5.87. The maximum atomic E-state index is 9.83. The summed E-state index contributed by atoms with van der Waals surface area (Å²) in [7, 11) is 3.14. The summed E-state index contributed by atoms with van der Waals surface area (Å²) in [5.74, 6) is 0.781. The number of benzene rings is 1. The van der Waals surface area contributed by atoms with Gasteiger partial charge in [0.05, 0.1) is 31.9 Å². The smallest absolute Gasteiger partial charge is 0.143 e. The molecule has 4 N–H and O–H groups in total. The van der Waals surface area contributed by atoms with Crippen LogP contribution in [0.2, 0.25) is 0 Å². The molecule has 0 aliphatic heterocycles. The van der Waals surface area contributed by atoms with Crippen LogP contribution in [0, 0.1) is 0 Å². The van der Waals surface area contributed by atoms with E-state index in [4.69, 9.17) is 9.84 Å². The largest absolute Gasteiger partial charge is 0.495 e. The molecule has 0 aliphatic rings. The van der Waals surface area contributed by atoms with Gasteiger partial charge in [0, 0.05) is 16.5 Å². The van der Waals surface area contributed by atoms with Crippen LogP contribution in [0.4, 0.5) is 0 Å². The van der Waals surface area contributed by atoms with Crippen molar-refractivity contribution in [1.82, 2.24) is 4.57 Å². The van der Waals surface area contributed by atoms with E-state index in [1.807, 2.05) is 18.2 Å². The number of nitrogens with two attached hydrogens (primary N) is 1. The summed E-state index contributed by atoms with van der Waals surface area (Å²) >= 11 is 0. The van der Waals surface area contributed by atoms with E-state index in [0.717, 1.165) is 22.3 Å². The fourth-order valence-electron chi connectivity index (χ4n) is 2.53. The Hall–Kier alpha value is -1.56. The quantitative estimate of drug-likeness (QED) is 0.805. The number of nitrogens with zero attached hydrogens (tertiary/aromatic N) is 1. The van der Waals surface area contributed by atoms with Crippen molar-refractivity contribution in [3.8, 4) is 5.75 Å². The van der Waals surface area contributed by atoms with Crippen molar-refractivity contribution in [2.24, 2.45) is 5.73 Å². The molecule has 0 radical (unpaired) electrons. The summed E-state index contributed by atoms with van der Waals surface area (Å²) < 4.78 is 7.50. The lowest BCUT2D eigenvalue weighted by molar-refractivity contribution is 0.0809. The van der Waals surface area contributed by atoms with Crippen molar-refractivity contribution >= 4 is 10.9 Å². The molecule has 0 saturated heterocycles. The van der Waals surface area contributed by atoms with Crippen LogP contribution in [-0.4, -0.2) is 41.6 Å². The second-order valence-corrected chi connectivity index (χ2v) is 6.12. The van der Waals surface area contributed by atoms with Crippen LogP contribution in [-0.2, 0) is 12.0 Å². The van der Waals surface area contributed by atoms with Crippen LogP contribution in [0.5, 0.6) is 5.75 Å². The van der Waals surface area contributed by atoms with E-state index < -0.39 is 6.10 Å². The third-order valence-electron chi connectivity index (χ3n) is 3.48. The summed E-state index contributed by atoms with van der Waals surface area (Å²) in [6.45, 7) is 6.51. The maximum absolute atomic E-state index is 9.83. The monoisotopic (exact) mass is 308 g/mol. The van der Waals surface area contributed by atoms with E-state index >= 15 is 0 Å². The Morgan fingerprint density at radius 3 is 2.41 bits per heavy atom. The molecule has 1 unspecified atom stereocenters. The van der Waals surface area contributed by atoms with Crippen molar-refractivity contribution in [2.45, 2.75) is 38.8 Å². The molecule has 2 rings (SSSR count). The number of aliphatic hydroxyl groups is 2. The predicted octanol–water partition coefficient (Wildman–Crippen LogP) is 1.88. The summed E-state index contributed by atoms with van der Waals surface area (Å²) in [5.41, 5.74) is 6.52. The lowest BCUT2D eigenvalue weighted by atomic mass is 9.92. The van der Waals surface area contributed by atoms with Crippen LogP contribution in [0.1, 0.15) is 26.5 Å². The van der Waals surface area contributed by atoms with Gasteiger partial charge in [0.2, 0.25) is 0 Å². The van der Waals surface area contributed by atoms with E-state index in [0.29, 0.717) is 6.54 Å². The highest BCUT2D eigenvalue weighted by Crippen LogP contribution is 2.34. The number of hydrogen-bond donors (Lipinski definition) is 3. The van der Waals surface area contributed by atoms with Crippen LogP contribution < -0.4 is 10.5 Å². The first-order valence-electron chi connectivity index (χ1n) is 7.42. The molecule has 22 heavy (non-hydrogen) atoms. The highest BCUT2D eigenvalue weighted by Gasteiger charge is 2.23. The third kappa shape index (κ3) is 3.80. The van der Waals surface area contributed by atoms with Gasteiger partial charge in [0.15, 0.2) is 0 Å². The maximum Gasteiger partial charge on any atom is 0.143 e. The molecule has 0 fully saturated rings. The molecule has 1 atom stereocenters. The van der Waals surface area contributed by atoms with Crippen LogP contribution in [0.15, 0.2) is 24.3 Å². The molecule has 0 saturated carbocycles. The average Bonchev–Trinajstić information content (AvgIpc) is 2.88. The Labute approximate surface area is 132 Å². The molecule has 1 aromatic carbocycles. The number of fused-ring (bicyclic) bond motifs is 1. The second-order valence-electron chi connectivity index (χ2n) is 6.12. The number of rotatable bonds is 4. The van der Waals surface area contributed by atoms with Crippen molar-refractivity contribution in [3.63, 3.8) is 0 Å². The van der Waals surface area contributed by atoms with Crippen LogP contribution in [0.25, 0.3) is 10.9 Å². The Morgan fingerprint density at radius 2 is 1.91 bits per heavy atom. The molecule has 5 nitrogen and oxygen atoms in total. The first-order chi connectivity index (χ1) is 10.4. The van der Waals surface area contributed by atoms with Gasteiger partial charge < -0.3 is 25.3 Å². The van der Waals surface area contributed by atoms with Crippen molar-refractivity contribution in [3.05, 3.63) is 30.0 Å². The number of aromatic nitrogens is 1. The Balaban J connectivity index is 0.00000116. The van der Waals surface area contributed by atoms with Gasteiger partial charge in [-0.3, -0.25) is 0 Å². The topological polar surface area (TPSA) is 80.6 Å². The van der Waals surface area contributed by atoms with Gasteiger partial charge in [0.1, 0.15) is 5.75 Å². The normalized spacial score (nSPS) is 12.7. The van der Waals surface area contributed by atoms with Gasteiger partial charge >= 0.3 is 0 Å². The summed E-state index contributed by atoms with van der Waals surface area (Å²) in [6.07, 6.45) is -0.781. The molecular formula is C17H28N2O3. The number of para-hydroxylation sites is 1. The summed E-state index contributed by atoms with van der Waals surface area (Å²) in [4.78, 5) is 0. The van der Waals surface area contributed by atoms with Gasteiger partial charge in [-0.1, -0.05) is 32.9 Å². The van der Waals surface area contributed by atoms with Gasteiger partial charge in [-0.2, -0.15) is 0 Å². The summed E-state index contributed by atoms with van der Waals surface area (Å²) in [5, 5.41) is 20.0. The molecule has 0 spiro atoms. The second kappa shape index (κ2) is 7.63. The van der Waals surface area contributed by atoms with E-state index in [2.05, 4.69) is 37.1 Å². The Bertz CT molecular complexity index is 600. The van der Waals surface area contributed by atoms with E-state index in [9.17, 15) is 5.11 Å². The van der Waals surface area contributed by atoms with Crippen LogP contribution >= 0.6 is 0 Å². The first kappa shape index (κ1) is 18.5. The fourth-order valence-corrected chi connectivity index (χ4v) is 2.53. The van der Waals surface area contributed by atoms with E-state index in [1.165, 1.54) is 7.05 Å². The standard InChI is InChI=1S/C16H23NO3.CH5N/c1-16(2,3)14-8-11-6-5-7-13(20-4)15(11)17(14)9-12(19)10-18;1-2/h5-8,12,18-19H,9-10H2,1-4H3;2H2,1H3. The minimum atomic E-state index is -0.781. The highest BCUT2D eigenvalue weighted by atomic mass is 16.5. The molecule has 2 aromatic rings. The molecule has 1 aromatic heterocycles. The van der Waals surface area contributed by atoms with Crippen LogP contribution in [0.3, 0.4) is 0 Å². The Kier molecular flexibility index (Phi) is 6.41. The Morgan fingerprint density at radius 1 is 1.27 bits per heavy atom. The zero-order valence-corrected chi connectivity index (χ0v) is 14.1.